The fourth-order valence-corrected chi connectivity index (χ4v) is 3.48. The summed E-state index contributed by atoms with van der Waals surface area (Å²) in [5.74, 6) is -0.599. The Balaban J connectivity index is 1.53. The van der Waals surface area contributed by atoms with E-state index in [1.807, 2.05) is 6.07 Å². The van der Waals surface area contributed by atoms with E-state index >= 15 is 0 Å². The van der Waals surface area contributed by atoms with Gasteiger partial charge in [-0.15, -0.1) is 0 Å². The van der Waals surface area contributed by atoms with Gasteiger partial charge < -0.3 is 18.8 Å². The molecule has 2 heterocycles. The van der Waals surface area contributed by atoms with Gasteiger partial charge in [0.05, 0.1) is 13.2 Å². The Hall–Kier alpha value is -3.71. The topological polar surface area (TPSA) is 86.1 Å². The van der Waals surface area contributed by atoms with Crippen LogP contribution in [0.2, 0.25) is 0 Å². The molecule has 7 nitrogen and oxygen atoms in total. The maximum Gasteiger partial charge on any atom is 0.375 e. The van der Waals surface area contributed by atoms with Gasteiger partial charge in [0.25, 0.3) is 5.91 Å². The third-order valence-corrected chi connectivity index (χ3v) is 5.26. The molecule has 4 rings (SSSR count). The number of hydrogen-bond acceptors (Lipinski definition) is 6. The van der Waals surface area contributed by atoms with E-state index in [1.165, 1.54) is 13.0 Å². The van der Waals surface area contributed by atoms with Crippen molar-refractivity contribution in [2.24, 2.45) is 0 Å². The van der Waals surface area contributed by atoms with Gasteiger partial charge in [0.1, 0.15) is 5.76 Å². The van der Waals surface area contributed by atoms with Gasteiger partial charge >= 0.3 is 5.97 Å². The van der Waals surface area contributed by atoms with Crippen LogP contribution in [-0.2, 0) is 14.3 Å². The second kappa shape index (κ2) is 9.62. The Bertz CT molecular complexity index is 1100. The molecule has 0 saturated carbocycles. The zero-order chi connectivity index (χ0) is 22.5. The summed E-state index contributed by atoms with van der Waals surface area (Å²) < 4.78 is 16.6. The van der Waals surface area contributed by atoms with Gasteiger partial charge in [0.2, 0.25) is 11.9 Å². The summed E-state index contributed by atoms with van der Waals surface area (Å²) in [6, 6.07) is 19.0. The lowest BCUT2D eigenvalue weighted by Crippen LogP contribution is -2.44. The average Bonchev–Trinajstić information content (AvgIpc) is 3.34. The lowest BCUT2D eigenvalue weighted by Gasteiger charge is -2.30. The van der Waals surface area contributed by atoms with Crippen molar-refractivity contribution in [3.05, 3.63) is 83.6 Å². The first-order valence-corrected chi connectivity index (χ1v) is 10.4. The van der Waals surface area contributed by atoms with Crippen LogP contribution in [0.5, 0.6) is 0 Å². The van der Waals surface area contributed by atoms with Gasteiger partial charge in [-0.3, -0.25) is 9.59 Å². The molecule has 1 fully saturated rings. The normalized spacial score (nSPS) is 14.6. The van der Waals surface area contributed by atoms with Crippen LogP contribution in [0.3, 0.4) is 0 Å². The summed E-state index contributed by atoms with van der Waals surface area (Å²) >= 11 is 0. The molecule has 0 radical (unpaired) electrons. The highest BCUT2D eigenvalue weighted by Gasteiger charge is 2.31. The number of esters is 1. The second-order valence-electron chi connectivity index (χ2n) is 7.43. The molecule has 1 aromatic heterocycles. The van der Waals surface area contributed by atoms with Gasteiger partial charge in [-0.05, 0) is 19.1 Å². The van der Waals surface area contributed by atoms with Crippen molar-refractivity contribution in [1.82, 2.24) is 4.90 Å². The maximum atomic E-state index is 13.1. The van der Waals surface area contributed by atoms with E-state index in [0.717, 1.165) is 5.56 Å². The number of carbonyl (C=O) groups excluding carboxylic acids is 3. The van der Waals surface area contributed by atoms with Gasteiger partial charge in [-0.25, -0.2) is 4.79 Å². The van der Waals surface area contributed by atoms with E-state index in [9.17, 15) is 14.4 Å². The molecule has 0 N–H and O–H groups in total. The Kier molecular flexibility index (Phi) is 6.47. The average molecular weight is 433 g/mol. The Morgan fingerprint density at radius 2 is 1.59 bits per heavy atom. The molecule has 32 heavy (non-hydrogen) atoms. The van der Waals surface area contributed by atoms with Gasteiger partial charge in [-0.1, -0.05) is 54.6 Å². The third kappa shape index (κ3) is 4.78. The fourth-order valence-electron chi connectivity index (χ4n) is 3.48. The lowest BCUT2D eigenvalue weighted by atomic mass is 10.1. The number of furan rings is 1. The van der Waals surface area contributed by atoms with Crippen molar-refractivity contribution in [2.45, 2.75) is 13.0 Å². The van der Waals surface area contributed by atoms with E-state index in [0.29, 0.717) is 43.2 Å². The molecular weight excluding hydrogens is 410 g/mol. The Morgan fingerprint density at radius 3 is 2.25 bits per heavy atom. The number of nitrogens with zero attached hydrogens (tertiary/aromatic N) is 1. The third-order valence-electron chi connectivity index (χ3n) is 5.26. The summed E-state index contributed by atoms with van der Waals surface area (Å²) in [5, 5.41) is 0. The molecule has 1 aliphatic heterocycles. The van der Waals surface area contributed by atoms with Crippen LogP contribution in [0.4, 0.5) is 0 Å². The monoisotopic (exact) mass is 433 g/mol. The highest BCUT2D eigenvalue weighted by atomic mass is 16.6. The van der Waals surface area contributed by atoms with Crippen molar-refractivity contribution in [3.8, 4) is 11.3 Å². The SMILES string of the molecule is CC(=O)c1ccc(-c2ccc(C(=O)OC(C(=O)N3CCOCC3)c3ccccc3)o2)cc1. The molecule has 0 bridgehead atoms. The molecule has 1 atom stereocenters. The van der Waals surface area contributed by atoms with Crippen molar-refractivity contribution < 1.29 is 28.3 Å². The smallest absolute Gasteiger partial charge is 0.375 e. The van der Waals surface area contributed by atoms with Crippen molar-refractivity contribution in [3.63, 3.8) is 0 Å². The molecule has 7 heteroatoms. The predicted octanol–water partition coefficient (Wildman–Crippen LogP) is 3.91. The number of hydrogen-bond donors (Lipinski definition) is 0. The molecule has 2 aromatic carbocycles. The molecule has 0 aliphatic carbocycles. The van der Waals surface area contributed by atoms with Crippen LogP contribution >= 0.6 is 0 Å². The van der Waals surface area contributed by atoms with Crippen molar-refractivity contribution >= 4 is 17.7 Å². The van der Waals surface area contributed by atoms with E-state index in [4.69, 9.17) is 13.9 Å². The first kappa shape index (κ1) is 21.5. The molecule has 3 aromatic rings. The molecule has 1 amide bonds. The van der Waals surface area contributed by atoms with E-state index in [-0.39, 0.29) is 17.5 Å². The molecule has 0 spiro atoms. The number of benzene rings is 2. The Labute approximate surface area is 185 Å². The molecule has 164 valence electrons. The van der Waals surface area contributed by atoms with Crippen LogP contribution in [0.25, 0.3) is 11.3 Å². The largest absolute Gasteiger partial charge is 0.449 e. The van der Waals surface area contributed by atoms with Crippen molar-refractivity contribution in [1.29, 1.82) is 0 Å². The van der Waals surface area contributed by atoms with Crippen LogP contribution < -0.4 is 0 Å². The number of ether oxygens (including phenoxy) is 2. The number of amides is 1. The zero-order valence-electron chi connectivity index (χ0n) is 17.7. The minimum Gasteiger partial charge on any atom is -0.449 e. The number of ketones is 1. The molecular formula is C25H23NO6. The zero-order valence-corrected chi connectivity index (χ0v) is 17.7. The molecule has 1 aliphatic rings. The van der Waals surface area contributed by atoms with Crippen LogP contribution in [-0.4, -0.2) is 48.9 Å². The Morgan fingerprint density at radius 1 is 0.906 bits per heavy atom. The van der Waals surface area contributed by atoms with E-state index in [1.54, 1.807) is 59.5 Å². The van der Waals surface area contributed by atoms with Gasteiger partial charge in [0.15, 0.2) is 5.78 Å². The number of carbonyl (C=O) groups is 3. The minimum atomic E-state index is -1.08. The van der Waals surface area contributed by atoms with Crippen LogP contribution in [0.15, 0.2) is 71.1 Å². The van der Waals surface area contributed by atoms with Gasteiger partial charge in [-0.2, -0.15) is 0 Å². The standard InChI is InChI=1S/C25H23NO6/c1-17(27)18-7-9-19(10-8-18)21-11-12-22(31-21)25(29)32-23(20-5-3-2-4-6-20)24(28)26-13-15-30-16-14-26/h2-12,23H,13-16H2,1H3. The first-order valence-electron chi connectivity index (χ1n) is 10.4. The number of Topliss-reactive ketones (excluding diaryl/α,β-unsaturated/α-hetero) is 1. The first-order chi connectivity index (χ1) is 15.5. The molecule has 1 unspecified atom stereocenters. The predicted molar refractivity (Wildman–Crippen MR) is 116 cm³/mol. The maximum absolute atomic E-state index is 13.1. The van der Waals surface area contributed by atoms with E-state index in [2.05, 4.69) is 0 Å². The van der Waals surface area contributed by atoms with E-state index < -0.39 is 12.1 Å². The quantitative estimate of drug-likeness (QED) is 0.433. The summed E-state index contributed by atoms with van der Waals surface area (Å²) in [6.45, 7) is 3.29. The second-order valence-corrected chi connectivity index (χ2v) is 7.43. The summed E-state index contributed by atoms with van der Waals surface area (Å²) in [6.07, 6.45) is -1.08. The number of rotatable bonds is 6. The van der Waals surface area contributed by atoms with Crippen molar-refractivity contribution in [2.75, 3.05) is 26.3 Å². The molecule has 1 saturated heterocycles. The highest BCUT2D eigenvalue weighted by Crippen LogP contribution is 2.26. The minimum absolute atomic E-state index is 0.00801. The fraction of sp³-hybridized carbons (Fsp3) is 0.240. The summed E-state index contributed by atoms with van der Waals surface area (Å²) in [7, 11) is 0. The highest BCUT2D eigenvalue weighted by molar-refractivity contribution is 5.94. The lowest BCUT2D eigenvalue weighted by molar-refractivity contribution is -0.145. The summed E-state index contributed by atoms with van der Waals surface area (Å²) in [5.41, 5.74) is 1.90. The number of morpholine rings is 1. The van der Waals surface area contributed by atoms with Gasteiger partial charge in [0, 0.05) is 29.8 Å². The van der Waals surface area contributed by atoms with Crippen LogP contribution in [0.1, 0.15) is 39.5 Å². The van der Waals surface area contributed by atoms with Crippen LogP contribution in [0, 0.1) is 0 Å². The summed E-state index contributed by atoms with van der Waals surface area (Å²) in [4.78, 5) is 39.1.